The van der Waals surface area contributed by atoms with E-state index in [9.17, 15) is 13.2 Å². The number of nitrogens with two attached hydrogens (primary N) is 1. The van der Waals surface area contributed by atoms with E-state index in [1.807, 2.05) is 0 Å². The summed E-state index contributed by atoms with van der Waals surface area (Å²) in [5.41, 5.74) is 4.93. The number of nitrogens with one attached hydrogen (secondary N) is 1. The van der Waals surface area contributed by atoms with Gasteiger partial charge in [-0.2, -0.15) is 0 Å². The van der Waals surface area contributed by atoms with Gasteiger partial charge < -0.3 is 16.0 Å². The minimum Gasteiger partial charge on any atom is -0.336 e. The van der Waals surface area contributed by atoms with Crippen molar-refractivity contribution >= 4 is 15.9 Å². The largest absolute Gasteiger partial charge is 0.336 e. The van der Waals surface area contributed by atoms with Crippen molar-refractivity contribution < 1.29 is 13.2 Å². The molecule has 16 heavy (non-hydrogen) atoms. The molecule has 0 aromatic heterocycles. The van der Waals surface area contributed by atoms with Gasteiger partial charge in [0.1, 0.15) is 0 Å². The predicted octanol–water partition coefficient (Wildman–Crippen LogP) is -0.836. The van der Waals surface area contributed by atoms with Crippen molar-refractivity contribution in [2.75, 3.05) is 31.1 Å². The molecule has 0 aromatic carbocycles. The van der Waals surface area contributed by atoms with Gasteiger partial charge in [-0.15, -0.1) is 0 Å². The van der Waals surface area contributed by atoms with E-state index >= 15 is 0 Å². The second-order valence-corrected chi connectivity index (χ2v) is 6.98. The Hall–Kier alpha value is -0.820. The summed E-state index contributed by atoms with van der Waals surface area (Å²) in [6.07, 6.45) is 0. The normalized spacial score (nSPS) is 17.7. The fourth-order valence-electron chi connectivity index (χ4n) is 1.61. The molecule has 1 aliphatic rings. The number of nitrogens with zero attached hydrogens (tertiary/aromatic N) is 1. The van der Waals surface area contributed by atoms with E-state index in [2.05, 4.69) is 5.32 Å². The zero-order chi connectivity index (χ0) is 12.4. The molecule has 1 aliphatic heterocycles. The van der Waals surface area contributed by atoms with Crippen molar-refractivity contribution in [3.63, 3.8) is 0 Å². The molecular formula is C9H19N3O3S. The highest BCUT2D eigenvalue weighted by Crippen LogP contribution is 2.05. The van der Waals surface area contributed by atoms with Crippen LogP contribution in [0.15, 0.2) is 0 Å². The molecule has 0 spiro atoms. The Morgan fingerprint density at radius 1 is 1.50 bits per heavy atom. The number of urea groups is 1. The number of hydrogen-bond acceptors (Lipinski definition) is 4. The summed E-state index contributed by atoms with van der Waals surface area (Å²) in [6, 6.07) is -0.192. The Morgan fingerprint density at radius 3 is 2.56 bits per heavy atom. The van der Waals surface area contributed by atoms with Crippen molar-refractivity contribution in [1.29, 1.82) is 0 Å². The van der Waals surface area contributed by atoms with E-state index < -0.39 is 15.4 Å². The van der Waals surface area contributed by atoms with Crippen LogP contribution in [0.25, 0.3) is 0 Å². The van der Waals surface area contributed by atoms with Crippen LogP contribution in [-0.4, -0.2) is 56.0 Å². The van der Waals surface area contributed by atoms with E-state index in [1.54, 1.807) is 13.8 Å². The average Bonchev–Trinajstić information content (AvgIpc) is 2.43. The Kier molecular flexibility index (Phi) is 3.80. The first kappa shape index (κ1) is 13.2. The maximum atomic E-state index is 11.7. The highest BCUT2D eigenvalue weighted by molar-refractivity contribution is 7.91. The number of carbonyl (C=O) groups excluding carboxylic acids is 1. The molecule has 3 N–H and O–H groups in total. The molecule has 1 heterocycles. The maximum absolute atomic E-state index is 11.7. The van der Waals surface area contributed by atoms with E-state index in [0.717, 1.165) is 0 Å². The van der Waals surface area contributed by atoms with Gasteiger partial charge in [0.2, 0.25) is 0 Å². The first-order valence-corrected chi connectivity index (χ1v) is 7.04. The molecule has 0 unspecified atom stereocenters. The second-order valence-electron chi connectivity index (χ2n) is 4.80. The summed E-state index contributed by atoms with van der Waals surface area (Å²) in [6.45, 7) is 4.74. The van der Waals surface area contributed by atoms with Crippen molar-refractivity contribution in [1.82, 2.24) is 10.2 Å². The molecule has 1 rings (SSSR count). The van der Waals surface area contributed by atoms with Gasteiger partial charge in [0.15, 0.2) is 9.84 Å². The summed E-state index contributed by atoms with van der Waals surface area (Å²) < 4.78 is 23.3. The summed E-state index contributed by atoms with van der Waals surface area (Å²) in [7, 11) is -3.20. The summed E-state index contributed by atoms with van der Waals surface area (Å²) >= 11 is 0. The highest BCUT2D eigenvalue weighted by Gasteiger charge is 2.25. The average molecular weight is 249 g/mol. The summed E-state index contributed by atoms with van der Waals surface area (Å²) in [4.78, 5) is 12.7. The summed E-state index contributed by atoms with van der Waals surface area (Å²) in [5.74, 6) is -0.0868. The Balaban J connectivity index is 2.45. The van der Waals surface area contributed by atoms with E-state index in [0.29, 0.717) is 13.1 Å². The molecule has 0 atom stereocenters. The SMILES string of the molecule is CC(C)(N)CS(=O)(=O)CCN1CCNC1=O. The van der Waals surface area contributed by atoms with Crippen LogP contribution in [0.5, 0.6) is 0 Å². The molecule has 0 bridgehead atoms. The third-order valence-electron chi connectivity index (χ3n) is 2.21. The van der Waals surface area contributed by atoms with Crippen LogP contribution in [0.1, 0.15) is 13.8 Å². The Bertz CT molecular complexity index is 359. The summed E-state index contributed by atoms with van der Waals surface area (Å²) in [5, 5.41) is 2.62. The van der Waals surface area contributed by atoms with Gasteiger partial charge in [-0.1, -0.05) is 0 Å². The monoisotopic (exact) mass is 249 g/mol. The van der Waals surface area contributed by atoms with Gasteiger partial charge in [0, 0.05) is 25.2 Å². The Morgan fingerprint density at radius 2 is 2.12 bits per heavy atom. The van der Waals surface area contributed by atoms with E-state index in [1.165, 1.54) is 4.90 Å². The van der Waals surface area contributed by atoms with Crippen molar-refractivity contribution in [3.8, 4) is 0 Å². The highest BCUT2D eigenvalue weighted by atomic mass is 32.2. The van der Waals surface area contributed by atoms with Crippen LogP contribution in [-0.2, 0) is 9.84 Å². The number of sulfone groups is 1. The first-order valence-electron chi connectivity index (χ1n) is 5.22. The molecule has 1 fully saturated rings. The minimum absolute atomic E-state index is 0.0267. The molecule has 0 radical (unpaired) electrons. The first-order chi connectivity index (χ1) is 7.20. The van der Waals surface area contributed by atoms with Crippen molar-refractivity contribution in [2.45, 2.75) is 19.4 Å². The lowest BCUT2D eigenvalue weighted by atomic mass is 10.1. The number of hydrogen-bond donors (Lipinski definition) is 2. The topological polar surface area (TPSA) is 92.5 Å². The molecule has 7 heteroatoms. The predicted molar refractivity (Wildman–Crippen MR) is 61.9 cm³/mol. The van der Waals surface area contributed by atoms with Gasteiger partial charge in [0.25, 0.3) is 0 Å². The van der Waals surface area contributed by atoms with Crippen LogP contribution >= 0.6 is 0 Å². The van der Waals surface area contributed by atoms with Gasteiger partial charge >= 0.3 is 6.03 Å². The number of amides is 2. The van der Waals surface area contributed by atoms with Crippen LogP contribution in [0.4, 0.5) is 4.79 Å². The van der Waals surface area contributed by atoms with E-state index in [-0.39, 0.29) is 24.1 Å². The maximum Gasteiger partial charge on any atom is 0.317 e. The van der Waals surface area contributed by atoms with Gasteiger partial charge in [-0.3, -0.25) is 0 Å². The van der Waals surface area contributed by atoms with Gasteiger partial charge in [-0.05, 0) is 13.8 Å². The molecule has 0 aliphatic carbocycles. The lowest BCUT2D eigenvalue weighted by Gasteiger charge is -2.19. The van der Waals surface area contributed by atoms with Gasteiger partial charge in [-0.25, -0.2) is 13.2 Å². The molecule has 2 amide bonds. The minimum atomic E-state index is -3.20. The third-order valence-corrected chi connectivity index (χ3v) is 4.20. The van der Waals surface area contributed by atoms with Crippen LogP contribution in [0, 0.1) is 0 Å². The fourth-order valence-corrected chi connectivity index (χ4v) is 3.39. The third kappa shape index (κ3) is 4.36. The van der Waals surface area contributed by atoms with Crippen LogP contribution < -0.4 is 11.1 Å². The fraction of sp³-hybridized carbons (Fsp3) is 0.889. The van der Waals surface area contributed by atoms with Gasteiger partial charge in [0.05, 0.1) is 11.5 Å². The lowest BCUT2D eigenvalue weighted by Crippen LogP contribution is -2.42. The zero-order valence-corrected chi connectivity index (χ0v) is 10.5. The molecule has 94 valence electrons. The Labute approximate surface area is 96.1 Å². The quantitative estimate of drug-likeness (QED) is 0.664. The molecule has 6 nitrogen and oxygen atoms in total. The number of rotatable bonds is 5. The molecular weight excluding hydrogens is 230 g/mol. The lowest BCUT2D eigenvalue weighted by molar-refractivity contribution is 0.220. The van der Waals surface area contributed by atoms with Crippen molar-refractivity contribution in [2.24, 2.45) is 5.73 Å². The molecule has 1 saturated heterocycles. The van der Waals surface area contributed by atoms with E-state index in [4.69, 9.17) is 5.73 Å². The zero-order valence-electron chi connectivity index (χ0n) is 9.69. The number of carbonyl (C=O) groups is 1. The second kappa shape index (κ2) is 4.58. The molecule has 0 saturated carbocycles. The van der Waals surface area contributed by atoms with Crippen molar-refractivity contribution in [3.05, 3.63) is 0 Å². The van der Waals surface area contributed by atoms with Crippen LogP contribution in [0.2, 0.25) is 0 Å². The molecule has 0 aromatic rings. The smallest absolute Gasteiger partial charge is 0.317 e. The van der Waals surface area contributed by atoms with Crippen LogP contribution in [0.3, 0.4) is 0 Å². The standard InChI is InChI=1S/C9H19N3O3S/c1-9(2,10)7-16(14,15)6-5-12-4-3-11-8(12)13/h3-7,10H2,1-2H3,(H,11,13).